The van der Waals surface area contributed by atoms with Crippen LogP contribution in [0.15, 0.2) is 48.5 Å². The minimum atomic E-state index is -0.288. The molecule has 0 saturated carbocycles. The fourth-order valence-corrected chi connectivity index (χ4v) is 3.34. The molecule has 0 spiro atoms. The van der Waals surface area contributed by atoms with Crippen LogP contribution in [0.5, 0.6) is 0 Å². The number of aromatic nitrogens is 1. The van der Waals surface area contributed by atoms with Gasteiger partial charge in [-0.15, -0.1) is 0 Å². The fourth-order valence-electron chi connectivity index (χ4n) is 3.34. The number of hydrogen-bond donors (Lipinski definition) is 0. The molecule has 0 N–H and O–H groups in total. The molecule has 3 aromatic rings. The van der Waals surface area contributed by atoms with Crippen molar-refractivity contribution in [2.24, 2.45) is 7.05 Å². The molecular formula is C21H23NO2. The number of fused-ring (bicyclic) bond motifs is 1. The lowest BCUT2D eigenvalue weighted by Crippen LogP contribution is -2.00. The van der Waals surface area contributed by atoms with Gasteiger partial charge < -0.3 is 9.30 Å². The predicted octanol–water partition coefficient (Wildman–Crippen LogP) is 4.97. The third-order valence-electron chi connectivity index (χ3n) is 4.55. The van der Waals surface area contributed by atoms with Crippen molar-refractivity contribution >= 4 is 16.9 Å². The fraction of sp³-hybridized carbons (Fsp3) is 0.286. The third-order valence-corrected chi connectivity index (χ3v) is 4.55. The summed E-state index contributed by atoms with van der Waals surface area (Å²) in [4.78, 5) is 11.9. The van der Waals surface area contributed by atoms with Gasteiger partial charge in [-0.3, -0.25) is 0 Å². The molecule has 0 aliphatic heterocycles. The minimum absolute atomic E-state index is 0.288. The number of hydrogen-bond acceptors (Lipinski definition) is 2. The van der Waals surface area contributed by atoms with Crippen molar-refractivity contribution in [1.29, 1.82) is 0 Å². The molecule has 0 bridgehead atoms. The van der Waals surface area contributed by atoms with Gasteiger partial charge in [0.15, 0.2) is 0 Å². The highest BCUT2D eigenvalue weighted by molar-refractivity contribution is 5.98. The van der Waals surface area contributed by atoms with Gasteiger partial charge in [0.2, 0.25) is 0 Å². The molecule has 3 heteroatoms. The van der Waals surface area contributed by atoms with E-state index < -0.39 is 0 Å². The van der Waals surface area contributed by atoms with E-state index in [4.69, 9.17) is 4.74 Å². The van der Waals surface area contributed by atoms with Gasteiger partial charge in [0.25, 0.3) is 0 Å². The van der Waals surface area contributed by atoms with Crippen molar-refractivity contribution in [3.05, 3.63) is 59.7 Å². The molecule has 1 heterocycles. The van der Waals surface area contributed by atoms with Gasteiger partial charge in [0.1, 0.15) is 0 Å². The quantitative estimate of drug-likeness (QED) is 0.621. The van der Waals surface area contributed by atoms with Crippen LogP contribution in [0.4, 0.5) is 0 Å². The number of carbonyl (C=O) groups excluding carboxylic acids is 1. The van der Waals surface area contributed by atoms with Crippen molar-refractivity contribution in [3.8, 4) is 11.3 Å². The van der Waals surface area contributed by atoms with Gasteiger partial charge in [-0.1, -0.05) is 43.7 Å². The Morgan fingerprint density at radius 3 is 2.54 bits per heavy atom. The number of benzene rings is 2. The maximum atomic E-state index is 11.9. The van der Waals surface area contributed by atoms with Gasteiger partial charge in [-0.25, -0.2) is 4.79 Å². The van der Waals surface area contributed by atoms with Crippen molar-refractivity contribution in [2.75, 3.05) is 7.11 Å². The van der Waals surface area contributed by atoms with Crippen LogP contribution in [0.3, 0.4) is 0 Å². The van der Waals surface area contributed by atoms with Crippen LogP contribution < -0.4 is 0 Å². The Balaban J connectivity index is 2.26. The van der Waals surface area contributed by atoms with Gasteiger partial charge in [-0.05, 0) is 42.2 Å². The summed E-state index contributed by atoms with van der Waals surface area (Å²) >= 11 is 0. The smallest absolute Gasteiger partial charge is 0.337 e. The first-order valence-corrected chi connectivity index (χ1v) is 8.42. The summed E-state index contributed by atoms with van der Waals surface area (Å²) in [5.41, 5.74) is 5.51. The van der Waals surface area contributed by atoms with E-state index in [2.05, 4.69) is 42.8 Å². The molecule has 3 rings (SSSR count). The zero-order valence-electron chi connectivity index (χ0n) is 14.5. The normalized spacial score (nSPS) is 11.0. The lowest BCUT2D eigenvalue weighted by Gasteiger charge is -2.08. The number of unbranched alkanes of at least 4 members (excludes halogenated alkanes) is 1. The Bertz CT molecular complexity index is 862. The summed E-state index contributed by atoms with van der Waals surface area (Å²) in [6.07, 6.45) is 3.27. The second-order valence-corrected chi connectivity index (χ2v) is 6.08. The topological polar surface area (TPSA) is 31.2 Å². The molecule has 0 atom stereocenters. The summed E-state index contributed by atoms with van der Waals surface area (Å²) in [7, 11) is 3.52. The molecular weight excluding hydrogens is 298 g/mol. The summed E-state index contributed by atoms with van der Waals surface area (Å²) < 4.78 is 7.11. The molecule has 1 aromatic heterocycles. The Morgan fingerprint density at radius 1 is 1.12 bits per heavy atom. The zero-order valence-corrected chi connectivity index (χ0v) is 14.5. The molecule has 0 fully saturated rings. The standard InChI is InChI=1S/C21H23NO2/c1-4-5-11-17-18-14-16(21(23)24-3)12-13-19(18)22(2)20(17)15-9-7-6-8-10-15/h6-10,12-14H,4-5,11H2,1-3H3. The largest absolute Gasteiger partial charge is 0.465 e. The first-order chi connectivity index (χ1) is 11.7. The van der Waals surface area contributed by atoms with E-state index in [1.54, 1.807) is 0 Å². The number of carbonyl (C=O) groups is 1. The number of aryl methyl sites for hydroxylation is 2. The number of rotatable bonds is 5. The van der Waals surface area contributed by atoms with Crippen LogP contribution in [0.1, 0.15) is 35.7 Å². The Hall–Kier alpha value is -2.55. The Morgan fingerprint density at radius 2 is 1.88 bits per heavy atom. The molecule has 0 radical (unpaired) electrons. The lowest BCUT2D eigenvalue weighted by molar-refractivity contribution is 0.0601. The summed E-state index contributed by atoms with van der Waals surface area (Å²) in [6.45, 7) is 2.20. The van der Waals surface area contributed by atoms with E-state index >= 15 is 0 Å². The monoisotopic (exact) mass is 321 g/mol. The number of ether oxygens (including phenoxy) is 1. The van der Waals surface area contributed by atoms with Crippen LogP contribution in [-0.4, -0.2) is 17.6 Å². The molecule has 0 aliphatic carbocycles. The van der Waals surface area contributed by atoms with Crippen LogP contribution in [0.2, 0.25) is 0 Å². The lowest BCUT2D eigenvalue weighted by atomic mass is 9.99. The summed E-state index contributed by atoms with van der Waals surface area (Å²) in [5, 5.41) is 1.15. The highest BCUT2D eigenvalue weighted by Gasteiger charge is 2.18. The van der Waals surface area contributed by atoms with Crippen molar-refractivity contribution in [1.82, 2.24) is 4.57 Å². The van der Waals surface area contributed by atoms with Crippen molar-refractivity contribution in [2.45, 2.75) is 26.2 Å². The van der Waals surface area contributed by atoms with Crippen LogP contribution in [0, 0.1) is 0 Å². The minimum Gasteiger partial charge on any atom is -0.465 e. The van der Waals surface area contributed by atoms with Gasteiger partial charge >= 0.3 is 5.97 Å². The van der Waals surface area contributed by atoms with Crippen molar-refractivity contribution < 1.29 is 9.53 Å². The van der Waals surface area contributed by atoms with E-state index in [9.17, 15) is 4.79 Å². The highest BCUT2D eigenvalue weighted by atomic mass is 16.5. The SMILES string of the molecule is CCCCc1c(-c2ccccc2)n(C)c2ccc(C(=O)OC)cc12. The maximum Gasteiger partial charge on any atom is 0.337 e. The first kappa shape index (κ1) is 16.3. The highest BCUT2D eigenvalue weighted by Crippen LogP contribution is 2.34. The van der Waals surface area contributed by atoms with E-state index in [0.717, 1.165) is 30.2 Å². The molecule has 3 nitrogen and oxygen atoms in total. The molecule has 0 saturated heterocycles. The number of esters is 1. The van der Waals surface area contributed by atoms with E-state index in [-0.39, 0.29) is 5.97 Å². The first-order valence-electron chi connectivity index (χ1n) is 8.42. The zero-order chi connectivity index (χ0) is 17.1. The number of nitrogens with zero attached hydrogens (tertiary/aromatic N) is 1. The van der Waals surface area contributed by atoms with E-state index in [1.165, 1.54) is 23.9 Å². The van der Waals surface area contributed by atoms with Gasteiger partial charge in [0.05, 0.1) is 18.4 Å². The second kappa shape index (κ2) is 6.91. The molecule has 124 valence electrons. The molecule has 0 aliphatic rings. The summed E-state index contributed by atoms with van der Waals surface area (Å²) in [5.74, 6) is -0.288. The maximum absolute atomic E-state index is 11.9. The van der Waals surface area contributed by atoms with E-state index in [0.29, 0.717) is 5.56 Å². The average Bonchev–Trinajstić information content (AvgIpc) is 2.91. The van der Waals surface area contributed by atoms with Gasteiger partial charge in [-0.2, -0.15) is 0 Å². The van der Waals surface area contributed by atoms with Crippen LogP contribution >= 0.6 is 0 Å². The van der Waals surface area contributed by atoms with Gasteiger partial charge in [0, 0.05) is 18.0 Å². The Labute approximate surface area is 142 Å². The Kier molecular flexibility index (Phi) is 4.70. The molecule has 2 aromatic carbocycles. The van der Waals surface area contributed by atoms with Crippen molar-refractivity contribution in [3.63, 3.8) is 0 Å². The molecule has 0 unspecified atom stereocenters. The third kappa shape index (κ3) is 2.82. The summed E-state index contributed by atoms with van der Waals surface area (Å²) in [6, 6.07) is 16.3. The van der Waals surface area contributed by atoms with E-state index in [1.807, 2.05) is 24.3 Å². The second-order valence-electron chi connectivity index (χ2n) is 6.08. The number of methoxy groups -OCH3 is 1. The molecule has 0 amide bonds. The van der Waals surface area contributed by atoms with Crippen LogP contribution in [-0.2, 0) is 18.2 Å². The predicted molar refractivity (Wildman–Crippen MR) is 98.3 cm³/mol. The van der Waals surface area contributed by atoms with Crippen LogP contribution in [0.25, 0.3) is 22.2 Å². The average molecular weight is 321 g/mol. The molecule has 24 heavy (non-hydrogen) atoms.